The van der Waals surface area contributed by atoms with Gasteiger partial charge in [-0.15, -0.1) is 11.3 Å². The highest BCUT2D eigenvalue weighted by molar-refractivity contribution is 7.17. The molecule has 0 aliphatic carbocycles. The smallest absolute Gasteiger partial charge is 0.264 e. The summed E-state index contributed by atoms with van der Waals surface area (Å²) in [6.07, 6.45) is 4.90. The standard InChI is InChI=1S/C22H24N2O3S/c25-21(23-10-5-6-11-23)17-8-3-4-12-24(17)22(26)19-13-15-14-27-18-9-2-1-7-16(18)20(15)28-19/h1-2,7,9,13,17H,3-6,8,10-12,14H2. The van der Waals surface area contributed by atoms with Crippen molar-refractivity contribution in [3.05, 3.63) is 40.8 Å². The zero-order chi connectivity index (χ0) is 19.1. The van der Waals surface area contributed by atoms with E-state index in [1.807, 2.05) is 40.1 Å². The highest BCUT2D eigenvalue weighted by Gasteiger charge is 2.37. The molecule has 1 atom stereocenters. The molecule has 0 saturated carbocycles. The fourth-order valence-corrected chi connectivity index (χ4v) is 5.68. The predicted octanol–water partition coefficient (Wildman–Crippen LogP) is 3.92. The Bertz CT molecular complexity index is 916. The number of likely N-dealkylation sites (tertiary alicyclic amines) is 2. The van der Waals surface area contributed by atoms with Crippen molar-refractivity contribution in [1.29, 1.82) is 0 Å². The van der Waals surface area contributed by atoms with Crippen LogP contribution < -0.4 is 4.74 Å². The first-order chi connectivity index (χ1) is 13.7. The highest BCUT2D eigenvalue weighted by atomic mass is 32.1. The van der Waals surface area contributed by atoms with E-state index in [9.17, 15) is 9.59 Å². The molecule has 4 heterocycles. The first kappa shape index (κ1) is 17.7. The number of hydrogen-bond acceptors (Lipinski definition) is 4. The molecule has 1 unspecified atom stereocenters. The molecule has 2 saturated heterocycles. The van der Waals surface area contributed by atoms with Crippen molar-refractivity contribution in [3.8, 4) is 16.2 Å². The summed E-state index contributed by atoms with van der Waals surface area (Å²) in [6.45, 7) is 2.82. The number of hydrogen-bond donors (Lipinski definition) is 0. The maximum Gasteiger partial charge on any atom is 0.264 e. The van der Waals surface area contributed by atoms with Gasteiger partial charge in [0.1, 0.15) is 18.4 Å². The molecule has 5 nitrogen and oxygen atoms in total. The van der Waals surface area contributed by atoms with Gasteiger partial charge in [0.25, 0.3) is 5.91 Å². The Morgan fingerprint density at radius 1 is 1.04 bits per heavy atom. The van der Waals surface area contributed by atoms with Crippen molar-refractivity contribution in [2.75, 3.05) is 19.6 Å². The molecule has 2 aromatic rings. The number of nitrogens with zero attached hydrogens (tertiary/aromatic N) is 2. The number of carbonyl (C=O) groups excluding carboxylic acids is 2. The zero-order valence-corrected chi connectivity index (χ0v) is 16.7. The van der Waals surface area contributed by atoms with E-state index in [2.05, 4.69) is 0 Å². The molecule has 5 rings (SSSR count). The number of benzene rings is 1. The fourth-order valence-electron chi connectivity index (χ4n) is 4.53. The second-order valence-electron chi connectivity index (χ2n) is 7.79. The van der Waals surface area contributed by atoms with Crippen LogP contribution in [0.4, 0.5) is 0 Å². The van der Waals surface area contributed by atoms with Gasteiger partial charge in [-0.3, -0.25) is 9.59 Å². The average Bonchev–Trinajstić information content (AvgIpc) is 3.42. The molecule has 3 aliphatic heterocycles. The molecule has 0 N–H and O–H groups in total. The summed E-state index contributed by atoms with van der Waals surface area (Å²) >= 11 is 1.53. The molecular formula is C22H24N2O3S. The summed E-state index contributed by atoms with van der Waals surface area (Å²) in [5.41, 5.74) is 2.11. The van der Waals surface area contributed by atoms with Gasteiger partial charge in [0.15, 0.2) is 0 Å². The topological polar surface area (TPSA) is 49.9 Å². The molecular weight excluding hydrogens is 372 g/mol. The molecule has 2 fully saturated rings. The van der Waals surface area contributed by atoms with Crippen LogP contribution in [0.1, 0.15) is 47.3 Å². The van der Waals surface area contributed by atoms with E-state index in [0.717, 1.165) is 66.9 Å². The molecule has 1 aromatic carbocycles. The van der Waals surface area contributed by atoms with Gasteiger partial charge in [-0.25, -0.2) is 0 Å². The maximum absolute atomic E-state index is 13.4. The van der Waals surface area contributed by atoms with Crippen LogP contribution in [0.25, 0.3) is 10.4 Å². The molecule has 3 aliphatic rings. The molecule has 6 heteroatoms. The number of amides is 2. The highest BCUT2D eigenvalue weighted by Crippen LogP contribution is 2.42. The van der Waals surface area contributed by atoms with Gasteiger partial charge < -0.3 is 14.5 Å². The summed E-state index contributed by atoms with van der Waals surface area (Å²) < 4.78 is 5.84. The van der Waals surface area contributed by atoms with Crippen molar-refractivity contribution in [2.24, 2.45) is 0 Å². The van der Waals surface area contributed by atoms with Crippen LogP contribution in [0.2, 0.25) is 0 Å². The van der Waals surface area contributed by atoms with E-state index in [1.54, 1.807) is 0 Å². The van der Waals surface area contributed by atoms with E-state index < -0.39 is 0 Å². The normalized spacial score (nSPS) is 21.1. The summed E-state index contributed by atoms with van der Waals surface area (Å²) in [6, 6.07) is 9.62. The molecule has 146 valence electrons. The van der Waals surface area contributed by atoms with Gasteiger partial charge in [-0.05, 0) is 50.3 Å². The monoisotopic (exact) mass is 396 g/mol. The Hall–Kier alpha value is -2.34. The predicted molar refractivity (Wildman–Crippen MR) is 109 cm³/mol. The minimum atomic E-state index is -0.304. The number of rotatable bonds is 2. The molecule has 1 aromatic heterocycles. The third-order valence-corrected chi connectivity index (χ3v) is 7.20. The lowest BCUT2D eigenvalue weighted by atomic mass is 10.0. The molecule has 0 spiro atoms. The van der Waals surface area contributed by atoms with Gasteiger partial charge in [0, 0.05) is 35.6 Å². The Morgan fingerprint density at radius 2 is 1.82 bits per heavy atom. The van der Waals surface area contributed by atoms with E-state index in [4.69, 9.17) is 4.74 Å². The number of piperidine rings is 1. The largest absolute Gasteiger partial charge is 0.488 e. The van der Waals surface area contributed by atoms with E-state index in [-0.39, 0.29) is 17.9 Å². The van der Waals surface area contributed by atoms with Crippen molar-refractivity contribution in [3.63, 3.8) is 0 Å². The maximum atomic E-state index is 13.4. The Morgan fingerprint density at radius 3 is 2.68 bits per heavy atom. The second-order valence-corrected chi connectivity index (χ2v) is 8.84. The van der Waals surface area contributed by atoms with Crippen LogP contribution in [0.5, 0.6) is 5.75 Å². The first-order valence-electron chi connectivity index (χ1n) is 10.2. The van der Waals surface area contributed by atoms with Crippen LogP contribution in [-0.2, 0) is 11.4 Å². The third kappa shape index (κ3) is 3.00. The second kappa shape index (κ2) is 7.24. The van der Waals surface area contributed by atoms with Gasteiger partial charge in [-0.2, -0.15) is 0 Å². The van der Waals surface area contributed by atoms with Gasteiger partial charge >= 0.3 is 0 Å². The van der Waals surface area contributed by atoms with E-state index >= 15 is 0 Å². The molecule has 2 amide bonds. The summed E-state index contributed by atoms with van der Waals surface area (Å²) in [4.78, 5) is 32.0. The van der Waals surface area contributed by atoms with Crippen molar-refractivity contribution >= 4 is 23.2 Å². The van der Waals surface area contributed by atoms with Crippen LogP contribution in [0, 0.1) is 0 Å². The lowest BCUT2D eigenvalue weighted by Gasteiger charge is -2.36. The lowest BCUT2D eigenvalue weighted by molar-refractivity contribution is -0.136. The number of para-hydroxylation sites is 1. The minimum absolute atomic E-state index is 0.00544. The number of fused-ring (bicyclic) bond motifs is 3. The fraction of sp³-hybridized carbons (Fsp3) is 0.455. The van der Waals surface area contributed by atoms with Crippen molar-refractivity contribution in [1.82, 2.24) is 9.80 Å². The summed E-state index contributed by atoms with van der Waals surface area (Å²) in [7, 11) is 0. The van der Waals surface area contributed by atoms with Crippen LogP contribution >= 0.6 is 11.3 Å². The Labute approximate surface area is 168 Å². The molecule has 0 bridgehead atoms. The van der Waals surface area contributed by atoms with Crippen LogP contribution in [-0.4, -0.2) is 47.3 Å². The first-order valence-corrected chi connectivity index (χ1v) is 11.0. The van der Waals surface area contributed by atoms with Crippen molar-refractivity contribution in [2.45, 2.75) is 44.8 Å². The van der Waals surface area contributed by atoms with Gasteiger partial charge in [0.2, 0.25) is 5.91 Å². The third-order valence-electron chi connectivity index (χ3n) is 6.00. The SMILES string of the molecule is O=C(C1CCCCN1C(=O)c1cc2c(s1)-c1ccccc1OC2)N1CCCC1. The number of ether oxygens (including phenoxy) is 1. The molecule has 0 radical (unpaired) electrons. The average molecular weight is 397 g/mol. The van der Waals surface area contributed by atoms with E-state index in [1.165, 1.54) is 11.3 Å². The van der Waals surface area contributed by atoms with E-state index in [0.29, 0.717) is 18.0 Å². The summed E-state index contributed by atoms with van der Waals surface area (Å²) in [5, 5.41) is 0. The van der Waals surface area contributed by atoms with Crippen LogP contribution in [0.3, 0.4) is 0 Å². The van der Waals surface area contributed by atoms with Crippen LogP contribution in [0.15, 0.2) is 30.3 Å². The zero-order valence-electron chi connectivity index (χ0n) is 15.9. The number of thiophene rings is 1. The van der Waals surface area contributed by atoms with Gasteiger partial charge in [-0.1, -0.05) is 12.1 Å². The van der Waals surface area contributed by atoms with Gasteiger partial charge in [0.05, 0.1) is 4.88 Å². The number of carbonyl (C=O) groups is 2. The Kier molecular flexibility index (Phi) is 4.59. The lowest BCUT2D eigenvalue weighted by Crippen LogP contribution is -2.52. The van der Waals surface area contributed by atoms with Crippen molar-refractivity contribution < 1.29 is 14.3 Å². The molecule has 28 heavy (non-hydrogen) atoms. The quantitative estimate of drug-likeness (QED) is 0.773. The Balaban J connectivity index is 1.43. The minimum Gasteiger partial charge on any atom is -0.488 e. The summed E-state index contributed by atoms with van der Waals surface area (Å²) in [5.74, 6) is 1.01.